The molecular formula is C20H27FN2O2. The van der Waals surface area contributed by atoms with Crippen LogP contribution in [-0.4, -0.2) is 37.5 Å². The third kappa shape index (κ3) is 5.43. The van der Waals surface area contributed by atoms with E-state index in [2.05, 4.69) is 24.1 Å². The molecule has 1 aromatic heterocycles. The van der Waals surface area contributed by atoms with Crippen LogP contribution in [0.4, 0.5) is 4.39 Å². The van der Waals surface area contributed by atoms with Gasteiger partial charge in [-0.1, -0.05) is 26.0 Å². The van der Waals surface area contributed by atoms with Crippen LogP contribution in [0.1, 0.15) is 26.0 Å². The number of nitrogens with zero attached hydrogens (tertiary/aromatic N) is 1. The van der Waals surface area contributed by atoms with Crippen LogP contribution in [0.15, 0.2) is 40.8 Å². The minimum atomic E-state index is -0.315. The standard InChI is InChI=1S/C20H27FN2O2/c1-14(2)18(23(3)4)13-22-20(24)12-10-15-9-11-19(25-15)16-7-5-6-8-17(16)21/h5-9,11,14,18H,10,12-13H2,1-4H3,(H,22,24). The van der Waals surface area contributed by atoms with Gasteiger partial charge in [0.05, 0.1) is 5.56 Å². The highest BCUT2D eigenvalue weighted by molar-refractivity contribution is 5.76. The Hall–Kier alpha value is -2.14. The fourth-order valence-electron chi connectivity index (χ4n) is 2.88. The molecule has 0 saturated heterocycles. The van der Waals surface area contributed by atoms with Crippen molar-refractivity contribution in [3.63, 3.8) is 0 Å². The second-order valence-electron chi connectivity index (χ2n) is 6.82. The average molecular weight is 346 g/mol. The van der Waals surface area contributed by atoms with Crippen LogP contribution >= 0.6 is 0 Å². The van der Waals surface area contributed by atoms with E-state index in [1.807, 2.05) is 14.1 Å². The predicted molar refractivity (Wildman–Crippen MR) is 97.7 cm³/mol. The molecule has 1 N–H and O–H groups in total. The quantitative estimate of drug-likeness (QED) is 0.792. The SMILES string of the molecule is CC(C)C(CNC(=O)CCc1ccc(-c2ccccc2F)o1)N(C)C. The van der Waals surface area contributed by atoms with E-state index >= 15 is 0 Å². The molecule has 136 valence electrons. The summed E-state index contributed by atoms with van der Waals surface area (Å²) < 4.78 is 19.5. The fraction of sp³-hybridized carbons (Fsp3) is 0.450. The number of rotatable bonds is 8. The molecule has 1 unspecified atom stereocenters. The van der Waals surface area contributed by atoms with Gasteiger partial charge in [-0.15, -0.1) is 0 Å². The first kappa shape index (κ1) is 19.2. The van der Waals surface area contributed by atoms with E-state index in [0.29, 0.717) is 48.4 Å². The number of furan rings is 1. The van der Waals surface area contributed by atoms with E-state index in [-0.39, 0.29) is 11.7 Å². The summed E-state index contributed by atoms with van der Waals surface area (Å²) in [6, 6.07) is 10.3. The lowest BCUT2D eigenvalue weighted by atomic mass is 10.0. The summed E-state index contributed by atoms with van der Waals surface area (Å²) >= 11 is 0. The first-order chi connectivity index (χ1) is 11.9. The number of amides is 1. The van der Waals surface area contributed by atoms with Crippen LogP contribution in [0.5, 0.6) is 0 Å². The molecule has 0 spiro atoms. The van der Waals surface area contributed by atoms with E-state index in [1.165, 1.54) is 6.07 Å². The molecule has 0 bridgehead atoms. The largest absolute Gasteiger partial charge is 0.461 e. The van der Waals surface area contributed by atoms with E-state index < -0.39 is 0 Å². The molecule has 2 rings (SSSR count). The van der Waals surface area contributed by atoms with Crippen molar-refractivity contribution in [1.29, 1.82) is 0 Å². The molecule has 0 fully saturated rings. The molecule has 25 heavy (non-hydrogen) atoms. The number of hydrogen-bond donors (Lipinski definition) is 1. The van der Waals surface area contributed by atoms with Crippen molar-refractivity contribution < 1.29 is 13.6 Å². The van der Waals surface area contributed by atoms with Gasteiger partial charge in [-0.05, 0) is 44.3 Å². The number of likely N-dealkylation sites (N-methyl/N-ethyl adjacent to an activating group) is 1. The molecule has 0 aliphatic rings. The van der Waals surface area contributed by atoms with Crippen molar-refractivity contribution in [2.75, 3.05) is 20.6 Å². The van der Waals surface area contributed by atoms with Gasteiger partial charge in [-0.2, -0.15) is 0 Å². The van der Waals surface area contributed by atoms with Crippen LogP contribution in [0.2, 0.25) is 0 Å². The Balaban J connectivity index is 1.86. The Morgan fingerprint density at radius 1 is 1.20 bits per heavy atom. The summed E-state index contributed by atoms with van der Waals surface area (Å²) in [5.41, 5.74) is 0.434. The zero-order chi connectivity index (χ0) is 18.4. The maximum absolute atomic E-state index is 13.8. The number of benzene rings is 1. The lowest BCUT2D eigenvalue weighted by molar-refractivity contribution is -0.121. The Bertz CT molecular complexity index is 687. The molecule has 1 heterocycles. The molecule has 1 amide bonds. The summed E-state index contributed by atoms with van der Waals surface area (Å²) in [5, 5.41) is 2.98. The summed E-state index contributed by atoms with van der Waals surface area (Å²) in [6.07, 6.45) is 0.844. The summed E-state index contributed by atoms with van der Waals surface area (Å²) in [5.74, 6) is 1.31. The normalized spacial score (nSPS) is 12.6. The number of nitrogens with one attached hydrogen (secondary N) is 1. The van der Waals surface area contributed by atoms with E-state index in [9.17, 15) is 9.18 Å². The number of carbonyl (C=O) groups excluding carboxylic acids is 1. The molecule has 0 saturated carbocycles. The topological polar surface area (TPSA) is 45.5 Å². The van der Waals surface area contributed by atoms with E-state index in [4.69, 9.17) is 4.42 Å². The third-order valence-corrected chi connectivity index (χ3v) is 4.34. The lowest BCUT2D eigenvalue weighted by Gasteiger charge is -2.28. The second-order valence-corrected chi connectivity index (χ2v) is 6.82. The maximum atomic E-state index is 13.8. The summed E-state index contributed by atoms with van der Waals surface area (Å²) in [4.78, 5) is 14.2. The van der Waals surface area contributed by atoms with Gasteiger partial charge in [-0.25, -0.2) is 4.39 Å². The zero-order valence-electron chi connectivity index (χ0n) is 15.4. The van der Waals surface area contributed by atoms with Gasteiger partial charge in [-0.3, -0.25) is 4.79 Å². The second kappa shape index (κ2) is 8.81. The van der Waals surface area contributed by atoms with Crippen molar-refractivity contribution in [3.8, 4) is 11.3 Å². The van der Waals surface area contributed by atoms with Crippen LogP contribution in [-0.2, 0) is 11.2 Å². The highest BCUT2D eigenvalue weighted by Gasteiger charge is 2.17. The van der Waals surface area contributed by atoms with Crippen molar-refractivity contribution in [3.05, 3.63) is 48.0 Å². The summed E-state index contributed by atoms with van der Waals surface area (Å²) in [7, 11) is 4.04. The third-order valence-electron chi connectivity index (χ3n) is 4.34. The smallest absolute Gasteiger partial charge is 0.220 e. The number of hydrogen-bond acceptors (Lipinski definition) is 3. The molecule has 0 aliphatic carbocycles. The minimum absolute atomic E-state index is 0.00339. The molecule has 5 heteroatoms. The van der Waals surface area contributed by atoms with Crippen molar-refractivity contribution in [2.24, 2.45) is 5.92 Å². The van der Waals surface area contributed by atoms with Gasteiger partial charge in [0.15, 0.2) is 0 Å². The van der Waals surface area contributed by atoms with Crippen molar-refractivity contribution >= 4 is 5.91 Å². The fourth-order valence-corrected chi connectivity index (χ4v) is 2.88. The van der Waals surface area contributed by atoms with Crippen LogP contribution in [0.3, 0.4) is 0 Å². The maximum Gasteiger partial charge on any atom is 0.220 e. The van der Waals surface area contributed by atoms with Gasteiger partial charge in [0.1, 0.15) is 17.3 Å². The number of halogens is 1. The highest BCUT2D eigenvalue weighted by atomic mass is 19.1. The van der Waals surface area contributed by atoms with Crippen LogP contribution in [0, 0.1) is 11.7 Å². The number of aryl methyl sites for hydroxylation is 1. The molecule has 2 aromatic rings. The Morgan fingerprint density at radius 3 is 2.56 bits per heavy atom. The van der Waals surface area contributed by atoms with Crippen LogP contribution < -0.4 is 5.32 Å². The molecule has 0 radical (unpaired) electrons. The molecule has 1 aromatic carbocycles. The molecule has 1 atom stereocenters. The zero-order valence-corrected chi connectivity index (χ0v) is 15.4. The molecule has 4 nitrogen and oxygen atoms in total. The number of carbonyl (C=O) groups is 1. The van der Waals surface area contributed by atoms with E-state index in [0.717, 1.165) is 0 Å². The van der Waals surface area contributed by atoms with Crippen LogP contribution in [0.25, 0.3) is 11.3 Å². The monoisotopic (exact) mass is 346 g/mol. The Labute approximate surface area is 149 Å². The van der Waals surface area contributed by atoms with Gasteiger partial charge in [0.25, 0.3) is 0 Å². The van der Waals surface area contributed by atoms with E-state index in [1.54, 1.807) is 30.3 Å². The van der Waals surface area contributed by atoms with Gasteiger partial charge in [0.2, 0.25) is 5.91 Å². The Kier molecular flexibility index (Phi) is 6.76. The van der Waals surface area contributed by atoms with Crippen molar-refractivity contribution in [1.82, 2.24) is 10.2 Å². The highest BCUT2D eigenvalue weighted by Crippen LogP contribution is 2.25. The minimum Gasteiger partial charge on any atom is -0.461 e. The van der Waals surface area contributed by atoms with Gasteiger partial charge >= 0.3 is 0 Å². The molecular weight excluding hydrogens is 319 g/mol. The predicted octanol–water partition coefficient (Wildman–Crippen LogP) is 3.72. The molecule has 0 aliphatic heterocycles. The van der Waals surface area contributed by atoms with Gasteiger partial charge < -0.3 is 14.6 Å². The van der Waals surface area contributed by atoms with Gasteiger partial charge in [0, 0.05) is 25.4 Å². The average Bonchev–Trinajstić information content (AvgIpc) is 3.01. The Morgan fingerprint density at radius 2 is 1.92 bits per heavy atom. The first-order valence-corrected chi connectivity index (χ1v) is 8.65. The lowest BCUT2D eigenvalue weighted by Crippen LogP contribution is -2.43. The van der Waals surface area contributed by atoms with Crippen molar-refractivity contribution in [2.45, 2.75) is 32.7 Å². The summed E-state index contributed by atoms with van der Waals surface area (Å²) in [6.45, 7) is 4.91. The first-order valence-electron chi connectivity index (χ1n) is 8.65.